The summed E-state index contributed by atoms with van der Waals surface area (Å²) in [5.41, 5.74) is -0.0703. The average molecular weight is 358 g/mol. The number of amides is 1. The van der Waals surface area contributed by atoms with Crippen LogP contribution in [0.15, 0.2) is 30.4 Å². The minimum Gasteiger partial charge on any atom is -0.497 e. The lowest BCUT2D eigenvalue weighted by molar-refractivity contribution is -0.146. The number of ether oxygens (including phenoxy) is 2. The Morgan fingerprint density at radius 2 is 2.36 bits per heavy atom. The molecule has 1 aromatic carbocycles. The Labute approximate surface area is 146 Å². The molecule has 0 aliphatic carbocycles. The van der Waals surface area contributed by atoms with Crippen LogP contribution in [0.25, 0.3) is 10.2 Å². The zero-order valence-electron chi connectivity index (χ0n) is 13.2. The molecule has 128 valence electrons. The minimum atomic E-state index is -0.995. The Bertz CT molecular complexity index is 954. The van der Waals surface area contributed by atoms with Crippen LogP contribution in [-0.4, -0.2) is 47.3 Å². The van der Waals surface area contributed by atoms with Crippen molar-refractivity contribution in [2.45, 2.75) is 11.7 Å². The number of rotatable bonds is 3. The van der Waals surface area contributed by atoms with Crippen molar-refractivity contribution in [1.82, 2.24) is 4.98 Å². The maximum Gasteiger partial charge on any atom is 0.310 e. The molecule has 0 saturated carbocycles. The van der Waals surface area contributed by atoms with Crippen molar-refractivity contribution in [3.63, 3.8) is 0 Å². The third-order valence-corrected chi connectivity index (χ3v) is 6.24. The first-order valence-electron chi connectivity index (χ1n) is 7.88. The van der Waals surface area contributed by atoms with Gasteiger partial charge in [0.05, 0.1) is 35.9 Å². The van der Waals surface area contributed by atoms with E-state index in [9.17, 15) is 14.7 Å². The van der Waals surface area contributed by atoms with E-state index in [1.165, 1.54) is 11.3 Å². The molecular formula is C17H14N2O5S. The number of thiazole rings is 1. The van der Waals surface area contributed by atoms with Gasteiger partial charge in [0.2, 0.25) is 5.91 Å². The van der Waals surface area contributed by atoms with Crippen molar-refractivity contribution in [2.24, 2.45) is 11.8 Å². The highest BCUT2D eigenvalue weighted by Gasteiger charge is 2.67. The van der Waals surface area contributed by atoms with E-state index in [0.717, 1.165) is 16.0 Å². The number of carbonyl (C=O) groups excluding carboxylic acids is 1. The maximum absolute atomic E-state index is 13.0. The summed E-state index contributed by atoms with van der Waals surface area (Å²) in [5.74, 6) is -2.03. The Balaban J connectivity index is 1.55. The van der Waals surface area contributed by atoms with E-state index in [0.29, 0.717) is 11.7 Å². The molecule has 7 nitrogen and oxygen atoms in total. The molecule has 0 radical (unpaired) electrons. The van der Waals surface area contributed by atoms with E-state index in [1.807, 2.05) is 24.3 Å². The summed E-state index contributed by atoms with van der Waals surface area (Å²) in [4.78, 5) is 30.7. The van der Waals surface area contributed by atoms with E-state index in [1.54, 1.807) is 18.1 Å². The molecule has 1 N–H and O–H groups in total. The largest absolute Gasteiger partial charge is 0.497 e. The molecule has 4 heterocycles. The van der Waals surface area contributed by atoms with Crippen LogP contribution < -0.4 is 9.64 Å². The number of aliphatic carboxylic acids is 1. The summed E-state index contributed by atoms with van der Waals surface area (Å²) in [6.45, 7) is 0.296. The van der Waals surface area contributed by atoms with Crippen molar-refractivity contribution in [2.75, 3.05) is 18.6 Å². The highest BCUT2D eigenvalue weighted by molar-refractivity contribution is 7.22. The van der Waals surface area contributed by atoms with Crippen molar-refractivity contribution >= 4 is 38.6 Å². The molecule has 5 rings (SSSR count). The number of carboxylic acid groups (broad SMARTS) is 1. The molecule has 2 fully saturated rings. The topological polar surface area (TPSA) is 89.0 Å². The monoisotopic (exact) mass is 358 g/mol. The maximum atomic E-state index is 13.0. The van der Waals surface area contributed by atoms with Crippen LogP contribution in [0, 0.1) is 11.8 Å². The molecule has 2 aromatic rings. The standard InChI is InChI=1S/C17H14N2O5S/c1-23-8-2-3-9-11(6-8)25-16(18-9)19-7-17-5-4-10(24-17)12(15(21)22)13(17)14(19)20/h2-6,10,12-13H,7H2,1H3,(H,21,22). The quantitative estimate of drug-likeness (QED) is 0.840. The predicted octanol–water partition coefficient (Wildman–Crippen LogP) is 1.68. The summed E-state index contributed by atoms with van der Waals surface area (Å²) < 4.78 is 12.0. The lowest BCUT2D eigenvalue weighted by atomic mass is 9.77. The first kappa shape index (κ1) is 14.9. The first-order chi connectivity index (χ1) is 12.0. The van der Waals surface area contributed by atoms with Gasteiger partial charge >= 0.3 is 5.97 Å². The second-order valence-corrected chi connectivity index (χ2v) is 7.50. The van der Waals surface area contributed by atoms with E-state index in [4.69, 9.17) is 9.47 Å². The van der Waals surface area contributed by atoms with Gasteiger partial charge in [0.1, 0.15) is 17.3 Å². The Kier molecular flexibility index (Phi) is 2.85. The molecule has 4 unspecified atom stereocenters. The van der Waals surface area contributed by atoms with Crippen molar-refractivity contribution in [1.29, 1.82) is 0 Å². The summed E-state index contributed by atoms with van der Waals surface area (Å²) in [7, 11) is 1.60. The van der Waals surface area contributed by atoms with Crippen LogP contribution in [0.2, 0.25) is 0 Å². The number of carbonyl (C=O) groups is 2. The van der Waals surface area contributed by atoms with E-state index in [-0.39, 0.29) is 5.91 Å². The highest BCUT2D eigenvalue weighted by Crippen LogP contribution is 2.53. The molecule has 25 heavy (non-hydrogen) atoms. The average Bonchev–Trinajstić information content (AvgIpc) is 3.32. The van der Waals surface area contributed by atoms with Gasteiger partial charge in [0, 0.05) is 0 Å². The lowest BCUT2D eigenvalue weighted by Crippen LogP contribution is -2.39. The molecule has 1 amide bonds. The fraction of sp³-hybridized carbons (Fsp3) is 0.353. The summed E-state index contributed by atoms with van der Waals surface area (Å²) in [5, 5.41) is 10.1. The highest BCUT2D eigenvalue weighted by atomic mass is 32.1. The molecule has 1 spiro atoms. The number of fused-ring (bicyclic) bond motifs is 2. The smallest absolute Gasteiger partial charge is 0.310 e. The SMILES string of the molecule is COc1ccc2nc(N3CC45C=CC(O4)C(C(=O)O)C5C3=O)sc2c1. The minimum absolute atomic E-state index is 0.231. The predicted molar refractivity (Wildman–Crippen MR) is 89.9 cm³/mol. The normalized spacial score (nSPS) is 32.6. The van der Waals surface area contributed by atoms with Crippen LogP contribution in [0.3, 0.4) is 0 Å². The van der Waals surface area contributed by atoms with Crippen molar-refractivity contribution in [3.8, 4) is 5.75 Å². The van der Waals surface area contributed by atoms with Crippen LogP contribution in [0.1, 0.15) is 0 Å². The molecule has 3 aliphatic rings. The third-order valence-electron chi connectivity index (χ3n) is 5.20. The van der Waals surface area contributed by atoms with Gasteiger partial charge in [-0.25, -0.2) is 4.98 Å². The molecule has 3 aliphatic heterocycles. The van der Waals surface area contributed by atoms with Crippen LogP contribution in [0.4, 0.5) is 5.13 Å². The molecule has 4 atom stereocenters. The van der Waals surface area contributed by atoms with Gasteiger partial charge in [0.15, 0.2) is 5.13 Å². The molecule has 2 saturated heterocycles. The Morgan fingerprint density at radius 3 is 3.12 bits per heavy atom. The third kappa shape index (κ3) is 1.86. The van der Waals surface area contributed by atoms with Gasteiger partial charge in [-0.3, -0.25) is 14.5 Å². The van der Waals surface area contributed by atoms with Gasteiger partial charge in [-0.1, -0.05) is 23.5 Å². The van der Waals surface area contributed by atoms with Gasteiger partial charge in [-0.05, 0) is 18.2 Å². The molecule has 8 heteroatoms. The number of carboxylic acids is 1. The summed E-state index contributed by atoms with van der Waals surface area (Å²) >= 11 is 1.39. The van der Waals surface area contributed by atoms with Crippen LogP contribution in [0.5, 0.6) is 5.75 Å². The second-order valence-electron chi connectivity index (χ2n) is 6.49. The number of hydrogen-bond donors (Lipinski definition) is 1. The number of aromatic nitrogens is 1. The van der Waals surface area contributed by atoms with Crippen LogP contribution in [-0.2, 0) is 14.3 Å². The number of anilines is 1. The van der Waals surface area contributed by atoms with Crippen LogP contribution >= 0.6 is 11.3 Å². The Hall–Kier alpha value is -2.45. The number of methoxy groups -OCH3 is 1. The summed E-state index contributed by atoms with van der Waals surface area (Å²) in [6.07, 6.45) is 3.08. The second kappa shape index (κ2) is 4.80. The number of benzene rings is 1. The van der Waals surface area contributed by atoms with Gasteiger partial charge < -0.3 is 14.6 Å². The van der Waals surface area contributed by atoms with Crippen molar-refractivity contribution in [3.05, 3.63) is 30.4 Å². The Morgan fingerprint density at radius 1 is 1.52 bits per heavy atom. The van der Waals surface area contributed by atoms with Crippen molar-refractivity contribution < 1.29 is 24.2 Å². The number of hydrogen-bond acceptors (Lipinski definition) is 6. The fourth-order valence-electron chi connectivity index (χ4n) is 4.08. The van der Waals surface area contributed by atoms with Gasteiger partial charge in [-0.2, -0.15) is 0 Å². The fourth-order valence-corrected chi connectivity index (χ4v) is 5.08. The van der Waals surface area contributed by atoms with E-state index < -0.39 is 29.5 Å². The number of nitrogens with zero attached hydrogens (tertiary/aromatic N) is 2. The first-order valence-corrected chi connectivity index (χ1v) is 8.70. The van der Waals surface area contributed by atoms with Gasteiger partial charge in [0.25, 0.3) is 0 Å². The summed E-state index contributed by atoms with van der Waals surface area (Å²) in [6, 6.07) is 5.53. The molecular weight excluding hydrogens is 344 g/mol. The van der Waals surface area contributed by atoms with E-state index >= 15 is 0 Å². The molecule has 2 bridgehead atoms. The van der Waals surface area contributed by atoms with E-state index in [2.05, 4.69) is 4.98 Å². The zero-order valence-corrected chi connectivity index (χ0v) is 14.0. The molecule has 1 aromatic heterocycles. The zero-order chi connectivity index (χ0) is 17.3. The lowest BCUT2D eigenvalue weighted by Gasteiger charge is -2.21. The van der Waals surface area contributed by atoms with Gasteiger partial charge in [-0.15, -0.1) is 0 Å².